The SMILES string of the molecule is CCCn1nccc1S(=O)(=O)NCCN1CCCC(c2ccccc2)C1. The van der Waals surface area contributed by atoms with Gasteiger partial charge in [-0.05, 0) is 43.4 Å². The molecule has 1 aliphatic heterocycles. The lowest BCUT2D eigenvalue weighted by molar-refractivity contribution is 0.211. The van der Waals surface area contributed by atoms with Gasteiger partial charge in [-0.15, -0.1) is 0 Å². The molecule has 1 aliphatic rings. The number of hydrogen-bond acceptors (Lipinski definition) is 4. The number of aromatic nitrogens is 2. The van der Waals surface area contributed by atoms with Gasteiger partial charge in [0.2, 0.25) is 0 Å². The molecule has 1 saturated heterocycles. The van der Waals surface area contributed by atoms with Crippen LogP contribution in [0.3, 0.4) is 0 Å². The van der Waals surface area contributed by atoms with Gasteiger partial charge in [0.25, 0.3) is 10.0 Å². The molecule has 26 heavy (non-hydrogen) atoms. The van der Waals surface area contributed by atoms with Crippen LogP contribution in [0.15, 0.2) is 47.6 Å². The Morgan fingerprint density at radius 2 is 2.00 bits per heavy atom. The first-order chi connectivity index (χ1) is 12.6. The Kier molecular flexibility index (Phi) is 6.45. The molecule has 1 atom stereocenters. The molecule has 0 radical (unpaired) electrons. The van der Waals surface area contributed by atoms with E-state index in [9.17, 15) is 8.42 Å². The Labute approximate surface area is 156 Å². The van der Waals surface area contributed by atoms with Crippen LogP contribution < -0.4 is 4.72 Å². The molecule has 142 valence electrons. The smallest absolute Gasteiger partial charge is 0.257 e. The summed E-state index contributed by atoms with van der Waals surface area (Å²) in [6, 6.07) is 12.1. The number of aryl methyl sites for hydroxylation is 1. The molecular formula is C19H28N4O2S. The second-order valence-electron chi connectivity index (χ2n) is 6.84. The van der Waals surface area contributed by atoms with Crippen LogP contribution >= 0.6 is 0 Å². The normalized spacial score (nSPS) is 18.9. The first-order valence-corrected chi connectivity index (χ1v) is 10.9. The number of hydrogen-bond donors (Lipinski definition) is 1. The van der Waals surface area contributed by atoms with Crippen molar-refractivity contribution in [3.63, 3.8) is 0 Å². The molecule has 7 heteroatoms. The molecule has 3 rings (SSSR count). The van der Waals surface area contributed by atoms with Gasteiger partial charge in [-0.25, -0.2) is 13.1 Å². The maximum absolute atomic E-state index is 12.5. The molecule has 1 unspecified atom stereocenters. The molecule has 0 bridgehead atoms. The number of sulfonamides is 1. The highest BCUT2D eigenvalue weighted by Crippen LogP contribution is 2.26. The van der Waals surface area contributed by atoms with Crippen LogP contribution in [-0.4, -0.2) is 49.3 Å². The topological polar surface area (TPSA) is 67.2 Å². The van der Waals surface area contributed by atoms with E-state index in [0.29, 0.717) is 19.0 Å². The zero-order chi connectivity index (χ0) is 18.4. The summed E-state index contributed by atoms with van der Waals surface area (Å²) in [6.07, 6.45) is 4.73. The van der Waals surface area contributed by atoms with E-state index in [1.807, 2.05) is 13.0 Å². The first kappa shape index (κ1) is 19.1. The summed E-state index contributed by atoms with van der Waals surface area (Å²) < 4.78 is 29.3. The molecule has 2 aromatic rings. The fourth-order valence-corrected chi connectivity index (χ4v) is 4.76. The molecule has 2 heterocycles. The number of benzene rings is 1. The highest BCUT2D eigenvalue weighted by molar-refractivity contribution is 7.89. The maximum Gasteiger partial charge on any atom is 0.257 e. The second kappa shape index (κ2) is 8.79. The molecule has 1 aromatic carbocycles. The molecular weight excluding hydrogens is 348 g/mol. The third-order valence-corrected chi connectivity index (χ3v) is 6.37. The standard InChI is InChI=1S/C19H28N4O2S/c1-2-13-23-19(10-11-20-23)26(24,25)21-12-15-22-14-6-9-18(16-22)17-7-4-3-5-8-17/h3-5,7-8,10-11,18,21H,2,6,9,12-16H2,1H3. The molecule has 0 spiro atoms. The Morgan fingerprint density at radius 3 is 2.77 bits per heavy atom. The van der Waals surface area contributed by atoms with Crippen molar-refractivity contribution in [2.45, 2.75) is 43.7 Å². The number of nitrogens with one attached hydrogen (secondary N) is 1. The Morgan fingerprint density at radius 1 is 1.19 bits per heavy atom. The number of likely N-dealkylation sites (tertiary alicyclic amines) is 1. The van der Waals surface area contributed by atoms with Gasteiger partial charge in [-0.2, -0.15) is 5.10 Å². The van der Waals surface area contributed by atoms with E-state index < -0.39 is 10.0 Å². The van der Waals surface area contributed by atoms with Gasteiger partial charge in [0.15, 0.2) is 5.03 Å². The largest absolute Gasteiger partial charge is 0.301 e. The van der Waals surface area contributed by atoms with Crippen molar-refractivity contribution in [3.05, 3.63) is 48.2 Å². The summed E-state index contributed by atoms with van der Waals surface area (Å²) in [5.41, 5.74) is 1.38. The third kappa shape index (κ3) is 4.72. The Balaban J connectivity index is 1.53. The maximum atomic E-state index is 12.5. The summed E-state index contributed by atoms with van der Waals surface area (Å²) in [4.78, 5) is 2.35. The molecule has 1 aromatic heterocycles. The quantitative estimate of drug-likeness (QED) is 0.768. The van der Waals surface area contributed by atoms with E-state index in [4.69, 9.17) is 0 Å². The van der Waals surface area contributed by atoms with Crippen molar-refractivity contribution in [2.75, 3.05) is 26.2 Å². The lowest BCUT2D eigenvalue weighted by Gasteiger charge is -2.33. The van der Waals surface area contributed by atoms with Crippen molar-refractivity contribution in [3.8, 4) is 0 Å². The summed E-state index contributed by atoms with van der Waals surface area (Å²) >= 11 is 0. The predicted molar refractivity (Wildman–Crippen MR) is 103 cm³/mol. The summed E-state index contributed by atoms with van der Waals surface area (Å²) in [7, 11) is -3.51. The van der Waals surface area contributed by atoms with Crippen molar-refractivity contribution >= 4 is 10.0 Å². The third-order valence-electron chi connectivity index (χ3n) is 4.88. The van der Waals surface area contributed by atoms with Gasteiger partial charge in [-0.1, -0.05) is 37.3 Å². The first-order valence-electron chi connectivity index (χ1n) is 9.39. The average molecular weight is 377 g/mol. The molecule has 6 nitrogen and oxygen atoms in total. The van der Waals surface area contributed by atoms with Crippen LogP contribution in [-0.2, 0) is 16.6 Å². The van der Waals surface area contributed by atoms with Gasteiger partial charge in [0.1, 0.15) is 0 Å². The second-order valence-corrected chi connectivity index (χ2v) is 8.55. The zero-order valence-corrected chi connectivity index (χ0v) is 16.2. The van der Waals surface area contributed by atoms with Gasteiger partial charge in [0.05, 0.1) is 6.20 Å². The van der Waals surface area contributed by atoms with E-state index in [0.717, 1.165) is 32.5 Å². The van der Waals surface area contributed by atoms with Crippen LogP contribution in [0.25, 0.3) is 0 Å². The lowest BCUT2D eigenvalue weighted by atomic mass is 9.91. The lowest BCUT2D eigenvalue weighted by Crippen LogP contribution is -2.40. The van der Waals surface area contributed by atoms with E-state index in [1.165, 1.54) is 12.0 Å². The highest BCUT2D eigenvalue weighted by atomic mass is 32.2. The number of rotatable bonds is 8. The monoisotopic (exact) mass is 376 g/mol. The van der Waals surface area contributed by atoms with Gasteiger partial charge < -0.3 is 4.90 Å². The summed E-state index contributed by atoms with van der Waals surface area (Å²) in [5.74, 6) is 0.535. The van der Waals surface area contributed by atoms with Crippen molar-refractivity contribution in [1.29, 1.82) is 0 Å². The van der Waals surface area contributed by atoms with E-state index in [-0.39, 0.29) is 5.03 Å². The van der Waals surface area contributed by atoms with Crippen molar-refractivity contribution < 1.29 is 8.42 Å². The molecule has 1 fully saturated rings. The van der Waals surface area contributed by atoms with Crippen LogP contribution in [0.2, 0.25) is 0 Å². The number of piperidine rings is 1. The highest BCUT2D eigenvalue weighted by Gasteiger charge is 2.22. The van der Waals surface area contributed by atoms with E-state index >= 15 is 0 Å². The van der Waals surface area contributed by atoms with E-state index in [1.54, 1.807) is 16.9 Å². The van der Waals surface area contributed by atoms with Crippen molar-refractivity contribution in [1.82, 2.24) is 19.4 Å². The van der Waals surface area contributed by atoms with Crippen molar-refractivity contribution in [2.24, 2.45) is 0 Å². The predicted octanol–water partition coefficient (Wildman–Crippen LogP) is 2.45. The summed E-state index contributed by atoms with van der Waals surface area (Å²) in [5, 5.41) is 4.35. The molecule has 0 saturated carbocycles. The molecule has 0 aliphatic carbocycles. The number of nitrogens with zero attached hydrogens (tertiary/aromatic N) is 3. The van der Waals surface area contributed by atoms with Gasteiger partial charge in [-0.3, -0.25) is 4.68 Å². The fraction of sp³-hybridized carbons (Fsp3) is 0.526. The van der Waals surface area contributed by atoms with Gasteiger partial charge >= 0.3 is 0 Å². The minimum absolute atomic E-state index is 0.250. The van der Waals surface area contributed by atoms with Crippen LogP contribution in [0.1, 0.15) is 37.7 Å². The van der Waals surface area contributed by atoms with Gasteiger partial charge in [0, 0.05) is 26.2 Å². The zero-order valence-electron chi connectivity index (χ0n) is 15.3. The molecule has 0 amide bonds. The Bertz CT molecular complexity index is 789. The summed E-state index contributed by atoms with van der Waals surface area (Å²) in [6.45, 7) is 5.77. The van der Waals surface area contributed by atoms with Crippen LogP contribution in [0.5, 0.6) is 0 Å². The fourth-order valence-electron chi connectivity index (χ4n) is 3.60. The average Bonchev–Trinajstić information content (AvgIpc) is 3.12. The minimum Gasteiger partial charge on any atom is -0.301 e. The van der Waals surface area contributed by atoms with Crippen LogP contribution in [0, 0.1) is 0 Å². The molecule has 1 N–H and O–H groups in total. The van der Waals surface area contributed by atoms with E-state index in [2.05, 4.69) is 39.0 Å². The Hall–Kier alpha value is -1.70. The minimum atomic E-state index is -3.51. The van der Waals surface area contributed by atoms with Crippen LogP contribution in [0.4, 0.5) is 0 Å².